The number of urea groups is 1. The van der Waals surface area contributed by atoms with Crippen LogP contribution in [0.5, 0.6) is 0 Å². The lowest BCUT2D eigenvalue weighted by Gasteiger charge is -2.45. The van der Waals surface area contributed by atoms with Gasteiger partial charge in [-0.1, -0.05) is 36.2 Å². The molecule has 1 unspecified atom stereocenters. The highest BCUT2D eigenvalue weighted by molar-refractivity contribution is 6.46. The van der Waals surface area contributed by atoms with Gasteiger partial charge < -0.3 is 4.90 Å². The molecule has 2 aromatic rings. The maximum Gasteiger partial charge on any atom is 0.336 e. The maximum absolute atomic E-state index is 15.1. The smallest absolute Gasteiger partial charge is 0.336 e. The third-order valence-electron chi connectivity index (χ3n) is 6.33. The third-order valence-corrected chi connectivity index (χ3v) is 7.13. The van der Waals surface area contributed by atoms with E-state index >= 15 is 4.39 Å². The van der Waals surface area contributed by atoms with Crippen molar-refractivity contribution >= 4 is 58.5 Å². The molecule has 1 saturated heterocycles. The van der Waals surface area contributed by atoms with Gasteiger partial charge in [0.1, 0.15) is 11.4 Å². The number of halogens is 3. The molecular weight excluding hydrogens is 468 g/mol. The van der Waals surface area contributed by atoms with E-state index in [1.807, 2.05) is 11.9 Å². The Labute approximate surface area is 200 Å². The molecule has 0 radical (unpaired) electrons. The summed E-state index contributed by atoms with van der Waals surface area (Å²) in [5, 5.41) is 2.23. The number of carbonyl (C=O) groups is 3. The topological polar surface area (TPSA) is 69.7 Å². The van der Waals surface area contributed by atoms with E-state index < -0.39 is 23.7 Å². The van der Waals surface area contributed by atoms with Crippen molar-refractivity contribution in [2.45, 2.75) is 38.6 Å². The van der Waals surface area contributed by atoms with Crippen LogP contribution in [-0.4, -0.2) is 30.4 Å². The minimum absolute atomic E-state index is 0.0178. The molecule has 1 fully saturated rings. The number of benzene rings is 2. The van der Waals surface area contributed by atoms with E-state index in [9.17, 15) is 14.4 Å². The van der Waals surface area contributed by atoms with Gasteiger partial charge in [-0.15, -0.1) is 0 Å². The normalized spacial score (nSPS) is 21.4. The Bertz CT molecular complexity index is 1240. The van der Waals surface area contributed by atoms with Crippen LogP contribution in [-0.2, 0) is 9.59 Å². The largest absolute Gasteiger partial charge is 0.369 e. The van der Waals surface area contributed by atoms with Gasteiger partial charge in [-0.05, 0) is 62.1 Å². The number of rotatable bonds is 2. The number of hydrogen-bond acceptors (Lipinski definition) is 4. The van der Waals surface area contributed by atoms with Gasteiger partial charge in [-0.2, -0.15) is 0 Å². The van der Waals surface area contributed by atoms with Crippen LogP contribution < -0.4 is 15.1 Å². The summed E-state index contributed by atoms with van der Waals surface area (Å²) in [4.78, 5) is 40.9. The zero-order valence-electron chi connectivity index (χ0n) is 18.5. The number of barbiturate groups is 1. The van der Waals surface area contributed by atoms with Crippen LogP contribution in [0.2, 0.25) is 10.0 Å². The van der Waals surface area contributed by atoms with Crippen molar-refractivity contribution in [1.82, 2.24) is 5.32 Å². The molecule has 0 spiro atoms. The van der Waals surface area contributed by atoms with Crippen molar-refractivity contribution in [3.05, 3.63) is 62.9 Å². The summed E-state index contributed by atoms with van der Waals surface area (Å²) < 4.78 is 15.1. The Morgan fingerprint density at radius 2 is 1.85 bits per heavy atom. The summed E-state index contributed by atoms with van der Waals surface area (Å²) in [6.07, 6.45) is 2.02. The summed E-state index contributed by atoms with van der Waals surface area (Å²) >= 11 is 12.2. The molecule has 172 valence electrons. The van der Waals surface area contributed by atoms with Crippen molar-refractivity contribution in [2.75, 3.05) is 16.8 Å². The van der Waals surface area contributed by atoms with Crippen molar-refractivity contribution < 1.29 is 18.8 Å². The fraction of sp³-hybridized carbons (Fsp3) is 0.292. The van der Waals surface area contributed by atoms with E-state index in [4.69, 9.17) is 23.2 Å². The molecule has 9 heteroatoms. The number of imide groups is 2. The number of nitrogens with zero attached hydrogens (tertiary/aromatic N) is 2. The molecule has 0 bridgehead atoms. The molecule has 0 aliphatic carbocycles. The van der Waals surface area contributed by atoms with E-state index in [1.165, 1.54) is 24.3 Å². The summed E-state index contributed by atoms with van der Waals surface area (Å²) in [5.74, 6) is -2.27. The fourth-order valence-electron chi connectivity index (χ4n) is 4.41. The Hall–Kier alpha value is -2.90. The van der Waals surface area contributed by atoms with Gasteiger partial charge >= 0.3 is 6.03 Å². The van der Waals surface area contributed by atoms with Gasteiger partial charge in [0.05, 0.1) is 15.7 Å². The molecule has 2 aliphatic rings. The molecule has 6 nitrogen and oxygen atoms in total. The summed E-state index contributed by atoms with van der Waals surface area (Å²) in [7, 11) is 1.92. The molecule has 0 aromatic heterocycles. The quantitative estimate of drug-likeness (QED) is 0.445. The van der Waals surface area contributed by atoms with E-state index in [1.54, 1.807) is 6.07 Å². The molecule has 4 amide bonds. The van der Waals surface area contributed by atoms with Gasteiger partial charge in [0.2, 0.25) is 0 Å². The Morgan fingerprint density at radius 1 is 1.15 bits per heavy atom. The van der Waals surface area contributed by atoms with Crippen LogP contribution >= 0.6 is 23.2 Å². The number of fused-ring (bicyclic) bond motifs is 1. The number of nitrogens with one attached hydrogen (secondary N) is 1. The van der Waals surface area contributed by atoms with Gasteiger partial charge in [-0.3, -0.25) is 14.9 Å². The van der Waals surface area contributed by atoms with Gasteiger partial charge in [0.15, 0.2) is 0 Å². The zero-order valence-corrected chi connectivity index (χ0v) is 20.0. The highest BCUT2D eigenvalue weighted by atomic mass is 35.5. The predicted octanol–water partition coefficient (Wildman–Crippen LogP) is 5.52. The zero-order chi connectivity index (χ0) is 24.2. The van der Waals surface area contributed by atoms with Crippen molar-refractivity contribution in [3.8, 4) is 0 Å². The standard InChI is InChI=1S/C24H22Cl2FN3O3/c1-12-11-24(2,3)29(4)19-10-17(27)13(8-14(12)19)9-15-21(31)28-23(33)30(22(15)32)18-7-5-6-16(25)20(18)26/h5-10,12H,11H2,1-4H3,(H,28,31,33)/b15-9-. The minimum atomic E-state index is -0.963. The highest BCUT2D eigenvalue weighted by Gasteiger charge is 2.39. The average Bonchev–Trinajstić information content (AvgIpc) is 2.72. The number of carbonyl (C=O) groups excluding carboxylic acids is 3. The molecule has 1 atom stereocenters. The molecule has 0 saturated carbocycles. The van der Waals surface area contributed by atoms with Crippen LogP contribution in [0.25, 0.3) is 6.08 Å². The first-order chi connectivity index (χ1) is 15.4. The van der Waals surface area contributed by atoms with Gasteiger partial charge in [-0.25, -0.2) is 14.1 Å². The SMILES string of the molecule is CC1CC(C)(C)N(C)c2cc(F)c(/C=C3/C(=O)NC(=O)N(c4cccc(Cl)c4Cl)C3=O)cc21. The number of amides is 4. The van der Waals surface area contributed by atoms with Gasteiger partial charge in [0, 0.05) is 23.8 Å². The van der Waals surface area contributed by atoms with Crippen LogP contribution in [0.3, 0.4) is 0 Å². The van der Waals surface area contributed by atoms with Crippen LogP contribution in [0.15, 0.2) is 35.9 Å². The molecule has 2 aliphatic heterocycles. The summed E-state index contributed by atoms with van der Waals surface area (Å²) in [6.45, 7) is 6.25. The van der Waals surface area contributed by atoms with Crippen molar-refractivity contribution in [1.29, 1.82) is 0 Å². The van der Waals surface area contributed by atoms with E-state index in [0.717, 1.165) is 28.6 Å². The first-order valence-electron chi connectivity index (χ1n) is 10.3. The monoisotopic (exact) mass is 489 g/mol. The molecule has 2 heterocycles. The predicted molar refractivity (Wildman–Crippen MR) is 127 cm³/mol. The Balaban J connectivity index is 1.79. The number of anilines is 2. The van der Waals surface area contributed by atoms with Crippen LogP contribution in [0, 0.1) is 5.82 Å². The molecule has 4 rings (SSSR count). The van der Waals surface area contributed by atoms with E-state index in [-0.39, 0.29) is 38.3 Å². The minimum Gasteiger partial charge on any atom is -0.369 e. The summed E-state index contributed by atoms with van der Waals surface area (Å²) in [5.41, 5.74) is 1.25. The first-order valence-corrected chi connectivity index (χ1v) is 11.1. The lowest BCUT2D eigenvalue weighted by Crippen LogP contribution is -2.54. The van der Waals surface area contributed by atoms with Gasteiger partial charge in [0.25, 0.3) is 11.8 Å². The lowest BCUT2D eigenvalue weighted by molar-refractivity contribution is -0.122. The first kappa shape index (κ1) is 23.3. The lowest BCUT2D eigenvalue weighted by atomic mass is 9.80. The second kappa shape index (κ2) is 8.15. The highest BCUT2D eigenvalue weighted by Crippen LogP contribution is 2.43. The molecule has 2 aromatic carbocycles. The second-order valence-corrected chi connectivity index (χ2v) is 9.73. The third kappa shape index (κ3) is 3.89. The van der Waals surface area contributed by atoms with Crippen molar-refractivity contribution in [3.63, 3.8) is 0 Å². The second-order valence-electron chi connectivity index (χ2n) is 8.94. The van der Waals surface area contributed by atoms with E-state index in [2.05, 4.69) is 26.1 Å². The van der Waals surface area contributed by atoms with E-state index in [0.29, 0.717) is 0 Å². The van der Waals surface area contributed by atoms with Crippen LogP contribution in [0.4, 0.5) is 20.6 Å². The molecular formula is C24H22Cl2FN3O3. The molecule has 33 heavy (non-hydrogen) atoms. The Kier molecular flexibility index (Phi) is 5.75. The van der Waals surface area contributed by atoms with Crippen LogP contribution in [0.1, 0.15) is 44.2 Å². The fourth-order valence-corrected chi connectivity index (χ4v) is 4.79. The number of hydrogen-bond donors (Lipinski definition) is 1. The van der Waals surface area contributed by atoms with Crippen molar-refractivity contribution in [2.24, 2.45) is 0 Å². The average molecular weight is 490 g/mol. The summed E-state index contributed by atoms with van der Waals surface area (Å²) in [6, 6.07) is 6.56. The maximum atomic E-state index is 15.1. The molecule has 1 N–H and O–H groups in total. The Morgan fingerprint density at radius 3 is 2.55 bits per heavy atom.